The number of fused-ring (bicyclic) bond motifs is 5. The Morgan fingerprint density at radius 3 is 2.24 bits per heavy atom. The van der Waals surface area contributed by atoms with Crippen LogP contribution in [0.2, 0.25) is 0 Å². The molecule has 1 saturated heterocycles. The number of hydrogen-bond donors (Lipinski definition) is 3. The Morgan fingerprint density at radius 1 is 0.764 bits per heavy atom. The molecule has 21 heteroatoms. The molecule has 11 aromatic rings. The quantitative estimate of drug-likeness (QED) is 0.0479. The van der Waals surface area contributed by atoms with Gasteiger partial charge in [0.25, 0.3) is 5.69 Å². The number of nitrogens with one attached hydrogen (secondary N) is 1. The lowest BCUT2D eigenvalue weighted by atomic mass is 10.2. The number of non-ortho nitro benzene ring substituents is 1. The van der Waals surface area contributed by atoms with E-state index in [-0.39, 0.29) is 17.4 Å². The summed E-state index contributed by atoms with van der Waals surface area (Å²) < 4.78 is 21.6. The predicted octanol–water partition coefficient (Wildman–Crippen LogP) is 8.13. The number of anilines is 2. The predicted molar refractivity (Wildman–Crippen MR) is 274 cm³/mol. The number of aromatic nitrogens is 10. The fourth-order valence-corrected chi connectivity index (χ4v) is 9.15. The van der Waals surface area contributed by atoms with E-state index in [9.17, 15) is 14.9 Å². The summed E-state index contributed by atoms with van der Waals surface area (Å²) in [5, 5.41) is 27.7. The summed E-state index contributed by atoms with van der Waals surface area (Å²) in [4.78, 5) is 36.8. The van der Waals surface area contributed by atoms with E-state index >= 15 is 0 Å². The maximum atomic E-state index is 12.5. The van der Waals surface area contributed by atoms with Crippen LogP contribution in [0.1, 0.15) is 11.1 Å². The molecule has 1 fully saturated rings. The van der Waals surface area contributed by atoms with Crippen molar-refractivity contribution in [3.63, 3.8) is 0 Å². The van der Waals surface area contributed by atoms with Gasteiger partial charge in [-0.15, -0.1) is 10.2 Å². The Hall–Kier alpha value is -9.08. The highest BCUT2D eigenvalue weighted by atomic mass is 32.2. The zero-order valence-corrected chi connectivity index (χ0v) is 39.6. The lowest BCUT2D eigenvalue weighted by Crippen LogP contribution is -2.41. The van der Waals surface area contributed by atoms with Crippen LogP contribution in [-0.4, -0.2) is 104 Å². The molecule has 0 saturated carbocycles. The molecule has 1 amide bonds. The summed E-state index contributed by atoms with van der Waals surface area (Å²) >= 11 is 1.44. The molecular weight excluding hydrogens is 937 g/mol. The molecule has 0 atom stereocenters. The second kappa shape index (κ2) is 20.9. The van der Waals surface area contributed by atoms with Crippen molar-refractivity contribution in [2.45, 2.75) is 18.2 Å². The molecule has 20 nitrogen and oxygen atoms in total. The van der Waals surface area contributed by atoms with Crippen LogP contribution in [0.25, 0.3) is 61.8 Å². The van der Waals surface area contributed by atoms with Crippen LogP contribution in [0, 0.1) is 10.1 Å². The van der Waals surface area contributed by atoms with Gasteiger partial charge in [-0.1, -0.05) is 78.5 Å². The Labute approximate surface area is 414 Å². The van der Waals surface area contributed by atoms with Crippen molar-refractivity contribution < 1.29 is 23.8 Å². The van der Waals surface area contributed by atoms with E-state index in [1.165, 1.54) is 29.5 Å². The summed E-state index contributed by atoms with van der Waals surface area (Å²) in [6.07, 6.45) is 0. The number of benzene rings is 6. The summed E-state index contributed by atoms with van der Waals surface area (Å²) in [5.41, 5.74) is 21.4. The van der Waals surface area contributed by atoms with Gasteiger partial charge in [0.2, 0.25) is 11.7 Å². The molecule has 5 aromatic heterocycles. The van der Waals surface area contributed by atoms with Crippen molar-refractivity contribution in [3.05, 3.63) is 167 Å². The van der Waals surface area contributed by atoms with E-state index in [1.807, 2.05) is 94.4 Å². The van der Waals surface area contributed by atoms with Crippen molar-refractivity contribution in [2.75, 3.05) is 50.6 Å². The largest absolute Gasteiger partial charge is 0.497 e. The molecule has 12 rings (SSSR count). The van der Waals surface area contributed by atoms with Gasteiger partial charge in [-0.05, 0) is 88.2 Å². The number of amides is 1. The van der Waals surface area contributed by atoms with Crippen LogP contribution >= 0.6 is 11.8 Å². The molecule has 0 radical (unpaired) electrons. The molecule has 6 aromatic carbocycles. The minimum Gasteiger partial charge on any atom is -0.497 e. The number of nitro benzene ring substituents is 1. The van der Waals surface area contributed by atoms with Crippen molar-refractivity contribution >= 4 is 73.7 Å². The minimum absolute atomic E-state index is 0.0594. The number of nitro groups is 1. The number of nitrogens with zero attached hydrogens (tertiary/aromatic N) is 11. The van der Waals surface area contributed by atoms with E-state index in [1.54, 1.807) is 31.4 Å². The number of imidazole rings is 3. The zero-order valence-electron chi connectivity index (χ0n) is 38.7. The number of para-hydroxylation sites is 4. The number of H-pyrrole nitrogens is 1. The second-order valence-corrected chi connectivity index (χ2v) is 17.4. The van der Waals surface area contributed by atoms with Crippen LogP contribution in [0.3, 0.4) is 0 Å². The number of nitrogen functional groups attached to an aromatic ring is 2. The van der Waals surface area contributed by atoms with E-state index in [2.05, 4.69) is 68.7 Å². The number of hydrogen-bond acceptors (Lipinski definition) is 15. The van der Waals surface area contributed by atoms with Crippen LogP contribution in [0.5, 0.6) is 5.75 Å². The average molecular weight is 983 g/mol. The summed E-state index contributed by atoms with van der Waals surface area (Å²) in [7, 11) is 1.65. The van der Waals surface area contributed by atoms with Gasteiger partial charge in [0.1, 0.15) is 11.6 Å². The average Bonchev–Trinajstić information content (AvgIpc) is 4.27. The van der Waals surface area contributed by atoms with Crippen molar-refractivity contribution in [2.24, 2.45) is 0 Å². The first-order valence-electron chi connectivity index (χ1n) is 22.7. The maximum absolute atomic E-state index is 12.5. The smallest absolute Gasteiger partial charge is 0.269 e. The summed E-state index contributed by atoms with van der Waals surface area (Å²) in [6, 6.07) is 46.0. The molecule has 1 aliphatic rings. The maximum Gasteiger partial charge on any atom is 0.269 e. The molecule has 1 aliphatic heterocycles. The summed E-state index contributed by atoms with van der Waals surface area (Å²) in [6.45, 7) is 3.85. The first-order valence-corrected chi connectivity index (χ1v) is 23.7. The van der Waals surface area contributed by atoms with Crippen LogP contribution in [-0.2, 0) is 22.6 Å². The minimum atomic E-state index is -0.427. The fourth-order valence-electron chi connectivity index (χ4n) is 8.31. The highest BCUT2D eigenvalue weighted by Crippen LogP contribution is 2.30. The molecule has 6 heterocycles. The van der Waals surface area contributed by atoms with Gasteiger partial charge in [0.05, 0.1) is 70.6 Å². The fraction of sp³-hybridized carbons (Fsp3) is 0.157. The monoisotopic (exact) mass is 982 g/mol. The van der Waals surface area contributed by atoms with Crippen LogP contribution in [0.15, 0.2) is 155 Å². The molecular formula is C51H46N14O6S. The van der Waals surface area contributed by atoms with Crippen LogP contribution in [0.4, 0.5) is 17.2 Å². The number of aromatic amines is 1. The summed E-state index contributed by atoms with van der Waals surface area (Å²) in [5.74, 6) is 3.56. The van der Waals surface area contributed by atoms with Crippen LogP contribution < -0.4 is 16.2 Å². The van der Waals surface area contributed by atoms with Crippen molar-refractivity contribution in [1.82, 2.24) is 53.9 Å². The molecule has 72 heavy (non-hydrogen) atoms. The molecule has 5 N–H and O–H groups in total. The number of methoxy groups -OCH3 is 1. The lowest BCUT2D eigenvalue weighted by molar-refractivity contribution is -0.384. The molecule has 0 aliphatic carbocycles. The molecule has 0 spiro atoms. The third-order valence-corrected chi connectivity index (χ3v) is 12.8. The van der Waals surface area contributed by atoms with Gasteiger partial charge < -0.3 is 40.0 Å². The topological polar surface area (TPSA) is 254 Å². The Kier molecular flexibility index (Phi) is 13.5. The normalized spacial score (nSPS) is 12.4. The number of rotatable bonds is 11. The lowest BCUT2D eigenvalue weighted by Gasteiger charge is -2.26. The van der Waals surface area contributed by atoms with E-state index in [4.69, 9.17) is 25.6 Å². The Balaban J connectivity index is 0.000000127. The third kappa shape index (κ3) is 10.00. The first-order chi connectivity index (χ1) is 35.2. The van der Waals surface area contributed by atoms with Crippen molar-refractivity contribution in [3.8, 4) is 28.7 Å². The molecule has 362 valence electrons. The number of ether oxygens (including phenoxy) is 2. The van der Waals surface area contributed by atoms with Gasteiger partial charge in [0.15, 0.2) is 22.5 Å². The van der Waals surface area contributed by atoms with Gasteiger partial charge >= 0.3 is 0 Å². The highest BCUT2D eigenvalue weighted by molar-refractivity contribution is 7.99. The number of nitrogens with two attached hydrogens (primary N) is 2. The van der Waals surface area contributed by atoms with E-state index < -0.39 is 4.92 Å². The third-order valence-electron chi connectivity index (χ3n) is 11.9. The van der Waals surface area contributed by atoms with Gasteiger partial charge in [0, 0.05) is 43.0 Å². The first kappa shape index (κ1) is 46.6. The van der Waals surface area contributed by atoms with E-state index in [0.29, 0.717) is 68.2 Å². The SMILES string of the molecule is COc1cccc(Cn2c(-c3nonc3N)nc3ccccc32)c1.Nc1ccc2nc(-c3ccc([N+](=O)[O-])cc3)[nH]c2c1.O=C(CSc1nnc2n(Cc3ccccc3)c3ccccc3n12)N1CCOCC1. The number of carbonyl (C=O) groups is 1. The van der Waals surface area contributed by atoms with Gasteiger partial charge in [-0.2, -0.15) is 0 Å². The number of morpholine rings is 1. The molecule has 0 unspecified atom stereocenters. The molecule has 0 bridgehead atoms. The van der Waals surface area contributed by atoms with Crippen molar-refractivity contribution in [1.29, 1.82) is 0 Å². The highest BCUT2D eigenvalue weighted by Gasteiger charge is 2.22. The van der Waals surface area contributed by atoms with E-state index in [0.717, 1.165) is 60.9 Å². The number of thioether (sulfide) groups is 1. The van der Waals surface area contributed by atoms with Gasteiger partial charge in [-0.3, -0.25) is 19.3 Å². The standard InChI is InChI=1S/C21H21N5O2S.C17H15N5O2.C13H10N4O2/c27-19(24-10-12-28-13-11-24)15-29-21-23-22-20-25(14-16-6-2-1-3-7-16)17-8-4-5-9-18(17)26(20)21;1-23-12-6-4-5-11(9-12)10-22-14-8-3-2-7-13(14)19-17(22)15-16(18)21-24-20-15;14-9-3-6-11-12(7-9)16-13(15-11)8-1-4-10(5-2-8)17(18)19/h1-9H,10-15H2;2-9H,10H2,1H3,(H2,18,21);1-7H,14H2,(H,15,16). The Bertz CT molecular complexity index is 3670. The number of carbonyl (C=O) groups excluding carboxylic acids is 1. The zero-order chi connectivity index (χ0) is 49.6. The Morgan fingerprint density at radius 2 is 1.49 bits per heavy atom. The van der Waals surface area contributed by atoms with Gasteiger partial charge in [-0.25, -0.2) is 14.6 Å². The second-order valence-electron chi connectivity index (χ2n) is 16.5.